The fourth-order valence-corrected chi connectivity index (χ4v) is 5.51. The number of carboxylic acid groups (broad SMARTS) is 1. The maximum absolute atomic E-state index is 15.6. The highest BCUT2D eigenvalue weighted by Crippen LogP contribution is 2.41. The second kappa shape index (κ2) is 11.7. The number of hydrogen-bond donors (Lipinski definition) is 1. The molecule has 3 heterocycles. The van der Waals surface area contributed by atoms with Gasteiger partial charge in [0.25, 0.3) is 5.88 Å². The van der Waals surface area contributed by atoms with Gasteiger partial charge in [-0.25, -0.2) is 27.9 Å². The zero-order chi connectivity index (χ0) is 31.9. The first-order valence-corrected chi connectivity index (χ1v) is 14.1. The van der Waals surface area contributed by atoms with Crippen molar-refractivity contribution in [1.82, 2.24) is 14.5 Å². The monoisotopic (exact) mass is 612 g/mol. The fourth-order valence-electron chi connectivity index (χ4n) is 5.51. The molecule has 1 fully saturated rings. The van der Waals surface area contributed by atoms with Crippen LogP contribution < -0.4 is 4.74 Å². The van der Waals surface area contributed by atoms with Crippen molar-refractivity contribution in [2.75, 3.05) is 13.2 Å². The van der Waals surface area contributed by atoms with Gasteiger partial charge in [0.1, 0.15) is 23.8 Å². The van der Waals surface area contributed by atoms with Gasteiger partial charge in [0.2, 0.25) is 0 Å². The molecule has 1 aliphatic rings. The van der Waals surface area contributed by atoms with Crippen LogP contribution in [0, 0.1) is 34.2 Å². The molecule has 1 saturated heterocycles. The number of nitriles is 1. The largest absolute Gasteiger partial charge is 0.478 e. The van der Waals surface area contributed by atoms with Crippen LogP contribution in [-0.4, -0.2) is 38.8 Å². The molecule has 8 nitrogen and oxygen atoms in total. The minimum absolute atomic E-state index is 0.00113. The lowest BCUT2D eigenvalue weighted by Gasteiger charge is -2.28. The number of imidazole rings is 1. The van der Waals surface area contributed by atoms with Gasteiger partial charge in [-0.2, -0.15) is 5.26 Å². The first kappa shape index (κ1) is 29.8. The summed E-state index contributed by atoms with van der Waals surface area (Å²) in [6.45, 7) is 4.74. The van der Waals surface area contributed by atoms with Crippen molar-refractivity contribution >= 4 is 17.0 Å². The lowest BCUT2D eigenvalue weighted by Crippen LogP contribution is -2.27. The van der Waals surface area contributed by atoms with Crippen LogP contribution in [0.5, 0.6) is 5.88 Å². The van der Waals surface area contributed by atoms with Crippen LogP contribution in [0.25, 0.3) is 22.3 Å². The maximum Gasteiger partial charge on any atom is 0.335 e. The van der Waals surface area contributed by atoms with Crippen molar-refractivity contribution in [3.05, 3.63) is 112 Å². The Balaban J connectivity index is 1.31. The molecule has 0 amide bonds. The van der Waals surface area contributed by atoms with Gasteiger partial charge in [0, 0.05) is 17.4 Å². The molecular weight excluding hydrogens is 585 g/mol. The van der Waals surface area contributed by atoms with E-state index in [0.717, 1.165) is 6.07 Å². The standard InChI is InChI=1S/C34H27F3N4O4/c1-34(2)18-44-17-29(34)41-28-13-23(33(42)43)12-26(37)31(28)40-30(41)14-21-7-8-22(11-25(21)36)27-10-9-24(35)32(39-27)45-16-20-5-3-19(15-38)4-6-20/h3-13,29H,14,16-18H2,1-2H3,(H,42,43)/t29-/m1/s1. The number of aromatic nitrogens is 3. The Labute approximate surface area is 256 Å². The maximum atomic E-state index is 15.6. The summed E-state index contributed by atoms with van der Waals surface area (Å²) in [5.41, 5.74) is 1.85. The molecule has 0 radical (unpaired) electrons. The van der Waals surface area contributed by atoms with Gasteiger partial charge >= 0.3 is 5.97 Å². The number of carbonyl (C=O) groups is 1. The zero-order valence-corrected chi connectivity index (χ0v) is 24.4. The highest BCUT2D eigenvalue weighted by Gasteiger charge is 2.39. The molecule has 1 atom stereocenters. The van der Waals surface area contributed by atoms with Crippen LogP contribution in [0.3, 0.4) is 0 Å². The lowest BCUT2D eigenvalue weighted by molar-refractivity contribution is 0.0696. The van der Waals surface area contributed by atoms with Crippen LogP contribution in [0.2, 0.25) is 0 Å². The van der Waals surface area contributed by atoms with E-state index in [-0.39, 0.29) is 52.7 Å². The van der Waals surface area contributed by atoms with Gasteiger partial charge in [-0.05, 0) is 53.6 Å². The number of hydrogen-bond acceptors (Lipinski definition) is 6. The molecule has 1 aliphatic heterocycles. The molecule has 228 valence electrons. The third-order valence-corrected chi connectivity index (χ3v) is 8.00. The van der Waals surface area contributed by atoms with Gasteiger partial charge in [0.05, 0.1) is 47.7 Å². The average molecular weight is 613 g/mol. The van der Waals surface area contributed by atoms with Crippen molar-refractivity contribution in [3.63, 3.8) is 0 Å². The normalized spacial score (nSPS) is 15.7. The van der Waals surface area contributed by atoms with Crippen molar-refractivity contribution in [2.24, 2.45) is 5.41 Å². The summed E-state index contributed by atoms with van der Waals surface area (Å²) in [6.07, 6.45) is -0.00891. The average Bonchev–Trinajstić information content (AvgIpc) is 3.56. The van der Waals surface area contributed by atoms with E-state index in [1.54, 1.807) is 41.0 Å². The zero-order valence-electron chi connectivity index (χ0n) is 24.4. The summed E-state index contributed by atoms with van der Waals surface area (Å²) >= 11 is 0. The molecule has 2 aromatic heterocycles. The second-order valence-electron chi connectivity index (χ2n) is 11.6. The topological polar surface area (TPSA) is 110 Å². The quantitative estimate of drug-likeness (QED) is 0.204. The SMILES string of the molecule is CC1(C)COC[C@H]1n1c(Cc2ccc(-c3ccc(F)c(OCc4ccc(C#N)cc4)n3)cc2F)nc2c(F)cc(C(=O)O)cc21. The predicted octanol–water partition coefficient (Wildman–Crippen LogP) is 6.85. The molecular formula is C34H27F3N4O4. The van der Waals surface area contributed by atoms with Crippen molar-refractivity contribution in [3.8, 4) is 23.2 Å². The number of halogens is 3. The van der Waals surface area contributed by atoms with E-state index < -0.39 is 23.4 Å². The Morgan fingerprint density at radius 3 is 2.49 bits per heavy atom. The Bertz CT molecular complexity index is 1980. The number of aromatic carboxylic acids is 1. The van der Waals surface area contributed by atoms with E-state index in [2.05, 4.69) is 9.97 Å². The van der Waals surface area contributed by atoms with E-state index in [4.69, 9.17) is 14.7 Å². The molecule has 0 spiro atoms. The molecule has 11 heteroatoms. The predicted molar refractivity (Wildman–Crippen MR) is 158 cm³/mol. The molecule has 0 bridgehead atoms. The summed E-state index contributed by atoms with van der Waals surface area (Å²) in [6, 6.07) is 17.8. The first-order chi connectivity index (χ1) is 21.5. The van der Waals surface area contributed by atoms with E-state index >= 15 is 8.78 Å². The van der Waals surface area contributed by atoms with Gasteiger partial charge in [-0.15, -0.1) is 0 Å². The summed E-state index contributed by atoms with van der Waals surface area (Å²) in [5.74, 6) is -3.20. The summed E-state index contributed by atoms with van der Waals surface area (Å²) in [4.78, 5) is 20.5. The van der Waals surface area contributed by atoms with Crippen molar-refractivity contribution in [1.29, 1.82) is 5.26 Å². The Hall–Kier alpha value is -5.21. The summed E-state index contributed by atoms with van der Waals surface area (Å²) < 4.78 is 58.3. The fraction of sp³-hybridized carbons (Fsp3) is 0.235. The second-order valence-corrected chi connectivity index (χ2v) is 11.6. The Morgan fingerprint density at radius 2 is 1.82 bits per heavy atom. The van der Waals surface area contributed by atoms with E-state index in [1.807, 2.05) is 19.9 Å². The Kier molecular flexibility index (Phi) is 7.76. The number of carboxylic acids is 1. The van der Waals surface area contributed by atoms with Crippen LogP contribution in [-0.2, 0) is 17.8 Å². The minimum Gasteiger partial charge on any atom is -0.478 e. The van der Waals surface area contributed by atoms with Gasteiger partial charge in [-0.1, -0.05) is 38.1 Å². The number of pyridine rings is 1. The van der Waals surface area contributed by atoms with Crippen LogP contribution in [0.4, 0.5) is 13.2 Å². The van der Waals surface area contributed by atoms with Crippen LogP contribution >= 0.6 is 0 Å². The molecule has 0 aliphatic carbocycles. The minimum atomic E-state index is -1.27. The third-order valence-electron chi connectivity index (χ3n) is 8.00. The van der Waals surface area contributed by atoms with Gasteiger partial charge in [0.15, 0.2) is 11.6 Å². The third kappa shape index (κ3) is 5.84. The molecule has 3 aromatic carbocycles. The van der Waals surface area contributed by atoms with Gasteiger partial charge in [-0.3, -0.25) is 0 Å². The summed E-state index contributed by atoms with van der Waals surface area (Å²) in [5, 5.41) is 18.5. The van der Waals surface area contributed by atoms with E-state index in [0.29, 0.717) is 41.2 Å². The Morgan fingerprint density at radius 1 is 1.04 bits per heavy atom. The smallest absolute Gasteiger partial charge is 0.335 e. The lowest BCUT2D eigenvalue weighted by atomic mass is 9.87. The van der Waals surface area contributed by atoms with Crippen LogP contribution in [0.15, 0.2) is 66.7 Å². The molecule has 0 unspecified atom stereocenters. The molecule has 45 heavy (non-hydrogen) atoms. The highest BCUT2D eigenvalue weighted by molar-refractivity contribution is 5.93. The number of nitrogens with zero attached hydrogens (tertiary/aromatic N) is 4. The van der Waals surface area contributed by atoms with E-state index in [1.165, 1.54) is 24.3 Å². The number of rotatable bonds is 8. The molecule has 0 saturated carbocycles. The molecule has 5 aromatic rings. The molecule has 1 N–H and O–H groups in total. The van der Waals surface area contributed by atoms with Crippen molar-refractivity contribution in [2.45, 2.75) is 32.9 Å². The number of ether oxygens (including phenoxy) is 2. The van der Waals surface area contributed by atoms with Gasteiger partial charge < -0.3 is 19.1 Å². The number of fused-ring (bicyclic) bond motifs is 1. The molecule has 6 rings (SSSR count). The van der Waals surface area contributed by atoms with E-state index in [9.17, 15) is 14.3 Å². The van der Waals surface area contributed by atoms with Crippen LogP contribution in [0.1, 0.15) is 52.8 Å². The van der Waals surface area contributed by atoms with Crippen molar-refractivity contribution < 1.29 is 32.5 Å². The highest BCUT2D eigenvalue weighted by atomic mass is 19.1. The summed E-state index contributed by atoms with van der Waals surface area (Å²) in [7, 11) is 0. The number of benzene rings is 3. The first-order valence-electron chi connectivity index (χ1n) is 14.1.